The SMILES string of the molecule is Cc1cc(=O)[nH]cc1P. The second kappa shape index (κ2) is 2.32. The highest BCUT2D eigenvalue weighted by Gasteiger charge is 1.89. The Morgan fingerprint density at radius 2 is 2.33 bits per heavy atom. The van der Waals surface area contributed by atoms with Crippen molar-refractivity contribution in [1.29, 1.82) is 0 Å². The first-order chi connectivity index (χ1) is 4.20. The van der Waals surface area contributed by atoms with Gasteiger partial charge in [0.15, 0.2) is 0 Å². The first kappa shape index (κ1) is 6.50. The van der Waals surface area contributed by atoms with Gasteiger partial charge in [-0.1, -0.05) is 0 Å². The maximum absolute atomic E-state index is 10.6. The van der Waals surface area contributed by atoms with E-state index in [0.29, 0.717) is 0 Å². The highest BCUT2D eigenvalue weighted by atomic mass is 31.0. The Bertz CT molecular complexity index is 266. The Kier molecular flexibility index (Phi) is 1.68. The van der Waals surface area contributed by atoms with Gasteiger partial charge in [0.05, 0.1) is 0 Å². The van der Waals surface area contributed by atoms with Crippen LogP contribution in [-0.2, 0) is 0 Å². The second-order valence-electron chi connectivity index (χ2n) is 1.94. The minimum absolute atomic E-state index is 0.0429. The maximum Gasteiger partial charge on any atom is 0.248 e. The third kappa shape index (κ3) is 1.39. The summed E-state index contributed by atoms with van der Waals surface area (Å²) in [6, 6.07) is 1.57. The maximum atomic E-state index is 10.6. The van der Waals surface area contributed by atoms with Crippen LogP contribution >= 0.6 is 9.24 Å². The summed E-state index contributed by atoms with van der Waals surface area (Å²) in [4.78, 5) is 13.1. The molecule has 1 aromatic heterocycles. The van der Waals surface area contributed by atoms with Gasteiger partial charge in [0.1, 0.15) is 0 Å². The van der Waals surface area contributed by atoms with Crippen molar-refractivity contribution in [3.05, 3.63) is 28.2 Å². The Hall–Kier alpha value is -0.620. The highest BCUT2D eigenvalue weighted by Crippen LogP contribution is 1.90. The van der Waals surface area contributed by atoms with Crippen molar-refractivity contribution in [2.24, 2.45) is 0 Å². The molecule has 9 heavy (non-hydrogen) atoms. The minimum Gasteiger partial charge on any atom is -0.328 e. The molecule has 0 fully saturated rings. The molecule has 1 N–H and O–H groups in total. The lowest BCUT2D eigenvalue weighted by molar-refractivity contribution is 1.23. The fraction of sp³-hybridized carbons (Fsp3) is 0.167. The highest BCUT2D eigenvalue weighted by molar-refractivity contribution is 7.27. The first-order valence-corrected chi connectivity index (χ1v) is 3.22. The van der Waals surface area contributed by atoms with Crippen LogP contribution in [0.5, 0.6) is 0 Å². The summed E-state index contributed by atoms with van der Waals surface area (Å²) >= 11 is 0. The van der Waals surface area contributed by atoms with Crippen LogP contribution < -0.4 is 10.9 Å². The van der Waals surface area contributed by atoms with Crippen LogP contribution in [0.25, 0.3) is 0 Å². The summed E-state index contributed by atoms with van der Waals surface area (Å²) in [6.07, 6.45) is 1.68. The Labute approximate surface area is 55.5 Å². The lowest BCUT2D eigenvalue weighted by atomic mass is 10.3. The van der Waals surface area contributed by atoms with E-state index in [0.717, 1.165) is 10.9 Å². The molecule has 3 heteroatoms. The zero-order valence-corrected chi connectivity index (χ0v) is 6.29. The Balaban J connectivity index is 3.34. The molecule has 48 valence electrons. The molecule has 0 radical (unpaired) electrons. The smallest absolute Gasteiger partial charge is 0.248 e. The van der Waals surface area contributed by atoms with E-state index in [1.807, 2.05) is 6.92 Å². The molecule has 0 saturated carbocycles. The van der Waals surface area contributed by atoms with Crippen LogP contribution in [0.15, 0.2) is 17.1 Å². The largest absolute Gasteiger partial charge is 0.328 e. The van der Waals surface area contributed by atoms with Crippen LogP contribution in [0.3, 0.4) is 0 Å². The average Bonchev–Trinajstić information content (AvgIpc) is 1.80. The topological polar surface area (TPSA) is 32.9 Å². The number of H-pyrrole nitrogens is 1. The molecule has 2 nitrogen and oxygen atoms in total. The number of rotatable bonds is 0. The number of aryl methyl sites for hydroxylation is 1. The van der Waals surface area contributed by atoms with Crippen molar-refractivity contribution in [2.45, 2.75) is 6.92 Å². The normalized spacial score (nSPS) is 9.56. The Morgan fingerprint density at radius 1 is 1.67 bits per heavy atom. The molecule has 1 unspecified atom stereocenters. The van der Waals surface area contributed by atoms with E-state index in [4.69, 9.17) is 0 Å². The molecule has 0 aliphatic heterocycles. The lowest BCUT2D eigenvalue weighted by Crippen LogP contribution is -2.10. The van der Waals surface area contributed by atoms with Crippen LogP contribution in [0.4, 0.5) is 0 Å². The fourth-order valence-electron chi connectivity index (χ4n) is 0.584. The molecule has 1 heterocycles. The van der Waals surface area contributed by atoms with E-state index in [1.54, 1.807) is 12.3 Å². The van der Waals surface area contributed by atoms with E-state index < -0.39 is 0 Å². The van der Waals surface area contributed by atoms with Gasteiger partial charge in [-0.3, -0.25) is 4.79 Å². The fourth-order valence-corrected chi connectivity index (χ4v) is 0.751. The van der Waals surface area contributed by atoms with Crippen LogP contribution in [0.1, 0.15) is 5.56 Å². The van der Waals surface area contributed by atoms with Gasteiger partial charge >= 0.3 is 0 Å². The number of aromatic nitrogens is 1. The van der Waals surface area contributed by atoms with Crippen molar-refractivity contribution >= 4 is 14.5 Å². The number of hydrogen-bond acceptors (Lipinski definition) is 1. The molecule has 0 bridgehead atoms. The molecule has 0 aliphatic carbocycles. The zero-order valence-electron chi connectivity index (χ0n) is 5.14. The van der Waals surface area contributed by atoms with E-state index >= 15 is 0 Å². The molecule has 0 aromatic carbocycles. The van der Waals surface area contributed by atoms with Gasteiger partial charge in [0, 0.05) is 12.3 Å². The molecule has 0 amide bonds. The van der Waals surface area contributed by atoms with Crippen molar-refractivity contribution in [3.8, 4) is 0 Å². The summed E-state index contributed by atoms with van der Waals surface area (Å²) in [5.41, 5.74) is 0.961. The summed E-state index contributed by atoms with van der Waals surface area (Å²) in [6.45, 7) is 1.90. The van der Waals surface area contributed by atoms with Gasteiger partial charge in [-0.2, -0.15) is 0 Å². The van der Waals surface area contributed by atoms with Crippen LogP contribution in [-0.4, -0.2) is 4.98 Å². The van der Waals surface area contributed by atoms with E-state index in [1.165, 1.54) is 0 Å². The third-order valence-corrected chi connectivity index (χ3v) is 1.79. The van der Waals surface area contributed by atoms with Crippen molar-refractivity contribution in [1.82, 2.24) is 4.98 Å². The summed E-state index contributed by atoms with van der Waals surface area (Å²) in [7, 11) is 2.54. The molecule has 0 saturated heterocycles. The lowest BCUT2D eigenvalue weighted by Gasteiger charge is -1.93. The van der Waals surface area contributed by atoms with Crippen molar-refractivity contribution < 1.29 is 0 Å². The van der Waals surface area contributed by atoms with Gasteiger partial charge in [0.25, 0.3) is 0 Å². The monoisotopic (exact) mass is 141 g/mol. The zero-order chi connectivity index (χ0) is 6.85. The van der Waals surface area contributed by atoms with Crippen molar-refractivity contribution in [3.63, 3.8) is 0 Å². The van der Waals surface area contributed by atoms with Crippen molar-refractivity contribution in [2.75, 3.05) is 0 Å². The molecular weight excluding hydrogens is 133 g/mol. The molecule has 0 spiro atoms. The summed E-state index contributed by atoms with van der Waals surface area (Å²) in [5, 5.41) is 1.04. The van der Waals surface area contributed by atoms with Gasteiger partial charge < -0.3 is 4.98 Å². The van der Waals surface area contributed by atoms with Gasteiger partial charge in [0.2, 0.25) is 5.56 Å². The molecule has 1 rings (SSSR count). The average molecular weight is 141 g/mol. The number of nitrogens with one attached hydrogen (secondary N) is 1. The number of pyridine rings is 1. The predicted molar refractivity (Wildman–Crippen MR) is 41.1 cm³/mol. The van der Waals surface area contributed by atoms with E-state index in [-0.39, 0.29) is 5.56 Å². The second-order valence-corrected chi connectivity index (χ2v) is 2.56. The predicted octanol–water partition coefficient (Wildman–Crippen LogP) is 0.184. The summed E-state index contributed by atoms with van der Waals surface area (Å²) in [5.74, 6) is 0. The van der Waals surface area contributed by atoms with Crippen LogP contribution in [0, 0.1) is 6.92 Å². The molecule has 1 aromatic rings. The molecule has 1 atom stereocenters. The number of hydrogen-bond donors (Lipinski definition) is 1. The van der Waals surface area contributed by atoms with Crippen LogP contribution in [0.2, 0.25) is 0 Å². The molecule has 0 aliphatic rings. The van der Waals surface area contributed by atoms with Gasteiger partial charge in [-0.05, 0) is 17.8 Å². The minimum atomic E-state index is -0.0429. The third-order valence-electron chi connectivity index (χ3n) is 1.17. The first-order valence-electron chi connectivity index (χ1n) is 2.65. The van der Waals surface area contributed by atoms with Gasteiger partial charge in [-0.15, -0.1) is 9.24 Å². The van der Waals surface area contributed by atoms with Gasteiger partial charge in [-0.25, -0.2) is 0 Å². The standard InChI is InChI=1S/C6H8NOP/c1-4-2-6(8)7-3-5(4)9/h2-3H,9H2,1H3,(H,7,8). The quantitative estimate of drug-likeness (QED) is 0.514. The van der Waals surface area contributed by atoms with E-state index in [9.17, 15) is 4.79 Å². The number of aromatic amines is 1. The molecular formula is C6H8NOP. The van der Waals surface area contributed by atoms with E-state index in [2.05, 4.69) is 14.2 Å². The Morgan fingerprint density at radius 3 is 2.78 bits per heavy atom. The summed E-state index contributed by atoms with van der Waals surface area (Å²) < 4.78 is 0.